The number of rotatable bonds is 6. The Labute approximate surface area is 192 Å². The van der Waals surface area contributed by atoms with Crippen molar-refractivity contribution in [3.63, 3.8) is 0 Å². The zero-order valence-corrected chi connectivity index (χ0v) is 18.1. The predicted octanol–water partition coefficient (Wildman–Crippen LogP) is 5.72. The molecule has 3 aromatic carbocycles. The van der Waals surface area contributed by atoms with Crippen LogP contribution in [-0.4, -0.2) is 16.0 Å². The number of nitrogens with one attached hydrogen (secondary N) is 1. The van der Waals surface area contributed by atoms with Gasteiger partial charge in [-0.05, 0) is 77.5 Å². The molecule has 7 nitrogen and oxygen atoms in total. The van der Waals surface area contributed by atoms with Gasteiger partial charge in [0.1, 0.15) is 12.4 Å². The Balaban J connectivity index is 1.37. The summed E-state index contributed by atoms with van der Waals surface area (Å²) in [5, 5.41) is 14.6. The third-order valence-corrected chi connectivity index (χ3v) is 5.60. The van der Waals surface area contributed by atoms with Crippen molar-refractivity contribution in [3.8, 4) is 5.75 Å². The van der Waals surface area contributed by atoms with Crippen molar-refractivity contribution in [1.82, 2.24) is 5.32 Å². The van der Waals surface area contributed by atoms with E-state index in [1.54, 1.807) is 54.6 Å². The van der Waals surface area contributed by atoms with Crippen molar-refractivity contribution in [3.05, 3.63) is 104 Å². The smallest absolute Gasteiger partial charge is 0.269 e. The van der Waals surface area contributed by atoms with Gasteiger partial charge in [-0.3, -0.25) is 14.9 Å². The van der Waals surface area contributed by atoms with Crippen molar-refractivity contribution in [2.24, 2.45) is 4.99 Å². The molecule has 1 N–H and O–H groups in total. The fraction of sp³-hybridized carbons (Fsp3) is 0.0435. The lowest BCUT2D eigenvalue weighted by atomic mass is 10.2. The summed E-state index contributed by atoms with van der Waals surface area (Å²) in [6, 6.07) is 20.6. The Morgan fingerprint density at radius 1 is 1.03 bits per heavy atom. The second-order valence-corrected chi connectivity index (χ2v) is 8.21. The summed E-state index contributed by atoms with van der Waals surface area (Å²) in [5.41, 5.74) is 2.42. The van der Waals surface area contributed by atoms with Crippen LogP contribution in [0, 0.1) is 10.1 Å². The molecule has 1 fully saturated rings. The Bertz CT molecular complexity index is 1210. The predicted molar refractivity (Wildman–Crippen MR) is 126 cm³/mol. The summed E-state index contributed by atoms with van der Waals surface area (Å²) in [7, 11) is 0. The van der Waals surface area contributed by atoms with E-state index in [-0.39, 0.29) is 11.6 Å². The van der Waals surface area contributed by atoms with Crippen LogP contribution in [0.3, 0.4) is 0 Å². The number of non-ortho nitro benzene ring substituents is 1. The molecule has 4 rings (SSSR count). The average Bonchev–Trinajstić information content (AvgIpc) is 3.13. The molecule has 1 heterocycles. The molecule has 0 unspecified atom stereocenters. The van der Waals surface area contributed by atoms with Crippen molar-refractivity contribution < 1.29 is 14.5 Å². The molecule has 1 saturated heterocycles. The number of aliphatic imine (C=N–C) groups is 1. The van der Waals surface area contributed by atoms with Gasteiger partial charge in [-0.15, -0.1) is 0 Å². The van der Waals surface area contributed by atoms with Crippen LogP contribution < -0.4 is 10.1 Å². The summed E-state index contributed by atoms with van der Waals surface area (Å²) in [6.45, 7) is 0.293. The minimum Gasteiger partial charge on any atom is -0.489 e. The van der Waals surface area contributed by atoms with E-state index >= 15 is 0 Å². The Morgan fingerprint density at radius 3 is 2.38 bits per heavy atom. The number of hydrogen-bond acceptors (Lipinski definition) is 6. The maximum Gasteiger partial charge on any atom is 0.269 e. The monoisotopic (exact) mass is 465 g/mol. The van der Waals surface area contributed by atoms with Crippen LogP contribution in [0.1, 0.15) is 11.1 Å². The fourth-order valence-corrected chi connectivity index (χ4v) is 3.77. The van der Waals surface area contributed by atoms with E-state index in [1.165, 1.54) is 23.9 Å². The number of benzene rings is 3. The zero-order valence-electron chi connectivity index (χ0n) is 16.5. The number of nitrogens with zero attached hydrogens (tertiary/aromatic N) is 2. The van der Waals surface area contributed by atoms with Crippen LogP contribution in [0.2, 0.25) is 5.02 Å². The molecule has 32 heavy (non-hydrogen) atoms. The molecule has 3 aromatic rings. The number of carbonyl (C=O) groups excluding carboxylic acids is 1. The van der Waals surface area contributed by atoms with Gasteiger partial charge < -0.3 is 10.1 Å². The van der Waals surface area contributed by atoms with Crippen molar-refractivity contribution >= 4 is 51.9 Å². The lowest BCUT2D eigenvalue weighted by molar-refractivity contribution is -0.384. The van der Waals surface area contributed by atoms with E-state index in [1.807, 2.05) is 12.1 Å². The number of halogens is 1. The van der Waals surface area contributed by atoms with E-state index in [0.29, 0.717) is 33.1 Å². The molecule has 0 radical (unpaired) electrons. The largest absolute Gasteiger partial charge is 0.489 e. The minimum atomic E-state index is -0.437. The number of nitro benzene ring substituents is 1. The van der Waals surface area contributed by atoms with Crippen LogP contribution in [0.25, 0.3) is 6.08 Å². The zero-order chi connectivity index (χ0) is 22.5. The molecular formula is C23H16ClN3O4S. The maximum atomic E-state index is 12.3. The highest BCUT2D eigenvalue weighted by molar-refractivity contribution is 8.18. The first-order valence-corrected chi connectivity index (χ1v) is 10.7. The molecule has 1 aliphatic rings. The summed E-state index contributed by atoms with van der Waals surface area (Å²) >= 11 is 7.14. The van der Waals surface area contributed by atoms with Gasteiger partial charge in [0, 0.05) is 17.2 Å². The first kappa shape index (κ1) is 21.6. The lowest BCUT2D eigenvalue weighted by Gasteiger charge is -2.06. The average molecular weight is 466 g/mol. The van der Waals surface area contributed by atoms with Crippen LogP contribution in [0.4, 0.5) is 11.4 Å². The molecule has 9 heteroatoms. The van der Waals surface area contributed by atoms with E-state index in [9.17, 15) is 14.9 Å². The van der Waals surface area contributed by atoms with Crippen LogP contribution in [0.5, 0.6) is 5.75 Å². The number of thioether (sulfide) groups is 1. The van der Waals surface area contributed by atoms with Crippen molar-refractivity contribution in [1.29, 1.82) is 0 Å². The number of hydrogen-bond donors (Lipinski definition) is 1. The summed E-state index contributed by atoms with van der Waals surface area (Å²) in [5.74, 6) is 0.445. The first-order chi connectivity index (χ1) is 15.5. The van der Waals surface area contributed by atoms with E-state index in [0.717, 1.165) is 11.1 Å². The van der Waals surface area contributed by atoms with E-state index in [4.69, 9.17) is 16.3 Å². The quantitative estimate of drug-likeness (QED) is 0.285. The van der Waals surface area contributed by atoms with Crippen molar-refractivity contribution in [2.75, 3.05) is 0 Å². The molecule has 1 aliphatic heterocycles. The van der Waals surface area contributed by atoms with Gasteiger partial charge in [-0.2, -0.15) is 0 Å². The Hall–Kier alpha value is -3.62. The second kappa shape index (κ2) is 9.67. The summed E-state index contributed by atoms with van der Waals surface area (Å²) < 4.78 is 5.73. The maximum absolute atomic E-state index is 12.3. The first-order valence-electron chi connectivity index (χ1n) is 9.48. The Kier molecular flexibility index (Phi) is 6.53. The normalized spacial score (nSPS) is 15.7. The lowest BCUT2D eigenvalue weighted by Crippen LogP contribution is -2.19. The Morgan fingerprint density at radius 2 is 1.72 bits per heavy atom. The van der Waals surface area contributed by atoms with Gasteiger partial charge in [0.05, 0.1) is 15.5 Å². The van der Waals surface area contributed by atoms with Gasteiger partial charge in [-0.1, -0.05) is 23.7 Å². The molecule has 0 aromatic heterocycles. The summed E-state index contributed by atoms with van der Waals surface area (Å²) in [6.07, 6.45) is 1.78. The molecule has 0 spiro atoms. The number of ether oxygens (including phenoxy) is 1. The highest BCUT2D eigenvalue weighted by Gasteiger charge is 2.23. The SMILES string of the molecule is O=C1NC(=Nc2ccc(Cl)cc2)S/C1=C\c1ccc(OCc2ccc([N+](=O)[O-])cc2)cc1. The minimum absolute atomic E-state index is 0.0429. The van der Waals surface area contributed by atoms with Gasteiger partial charge >= 0.3 is 0 Å². The highest BCUT2D eigenvalue weighted by atomic mass is 35.5. The van der Waals surface area contributed by atoms with Gasteiger partial charge in [0.25, 0.3) is 11.6 Å². The fourth-order valence-electron chi connectivity index (χ4n) is 2.81. The second-order valence-electron chi connectivity index (χ2n) is 6.74. The number of nitro groups is 1. The van der Waals surface area contributed by atoms with E-state index in [2.05, 4.69) is 10.3 Å². The number of amides is 1. The van der Waals surface area contributed by atoms with Gasteiger partial charge in [-0.25, -0.2) is 4.99 Å². The molecule has 0 bridgehead atoms. The molecule has 0 atom stereocenters. The van der Waals surface area contributed by atoms with E-state index < -0.39 is 4.92 Å². The third-order valence-electron chi connectivity index (χ3n) is 4.44. The molecule has 160 valence electrons. The van der Waals surface area contributed by atoms with Crippen molar-refractivity contribution in [2.45, 2.75) is 6.61 Å². The van der Waals surface area contributed by atoms with Crippen LogP contribution >= 0.6 is 23.4 Å². The highest BCUT2D eigenvalue weighted by Crippen LogP contribution is 2.29. The van der Waals surface area contributed by atoms with Crippen LogP contribution in [0.15, 0.2) is 82.7 Å². The molecular weight excluding hydrogens is 450 g/mol. The van der Waals surface area contributed by atoms with Gasteiger partial charge in [0.15, 0.2) is 5.17 Å². The topological polar surface area (TPSA) is 93.8 Å². The molecule has 0 aliphatic carbocycles. The van der Waals surface area contributed by atoms with Gasteiger partial charge in [0.2, 0.25) is 0 Å². The molecule has 0 saturated carbocycles. The number of amidine groups is 1. The standard InChI is InChI=1S/C23H16ClN3O4S/c24-17-5-7-18(8-6-17)25-23-26-22(28)21(32-23)13-15-3-11-20(12-4-15)31-14-16-1-9-19(10-2-16)27(29)30/h1-13H,14H2,(H,25,26,28)/b21-13-. The number of carbonyl (C=O) groups is 1. The van der Waals surface area contributed by atoms with Crippen LogP contribution in [-0.2, 0) is 11.4 Å². The third kappa shape index (κ3) is 5.54. The summed E-state index contributed by atoms with van der Waals surface area (Å²) in [4.78, 5) is 27.5. The molecule has 1 amide bonds.